The van der Waals surface area contributed by atoms with E-state index in [1.807, 2.05) is 36.1 Å². The fourth-order valence-electron chi connectivity index (χ4n) is 2.84. The quantitative estimate of drug-likeness (QED) is 0.757. The molecule has 0 bridgehead atoms. The molecule has 2 heterocycles. The summed E-state index contributed by atoms with van der Waals surface area (Å²) >= 11 is 4.81. The lowest BCUT2D eigenvalue weighted by atomic mass is 10.2. The average molecular weight is 417 g/mol. The lowest BCUT2D eigenvalue weighted by Crippen LogP contribution is -2.37. The van der Waals surface area contributed by atoms with Crippen molar-refractivity contribution in [1.82, 2.24) is 0 Å². The fraction of sp³-hybridized carbons (Fsp3) is 0.467. The zero-order valence-electron chi connectivity index (χ0n) is 12.6. The lowest BCUT2D eigenvalue weighted by Gasteiger charge is -2.24. The monoisotopic (exact) mass is 416 g/mol. The second kappa shape index (κ2) is 6.57. The summed E-state index contributed by atoms with van der Waals surface area (Å²) in [6.07, 6.45) is 1.16. The van der Waals surface area contributed by atoms with Gasteiger partial charge in [0.2, 0.25) is 5.91 Å². The summed E-state index contributed by atoms with van der Waals surface area (Å²) in [5.41, 5.74) is 0.869. The minimum Gasteiger partial charge on any atom is -0.316 e. The van der Waals surface area contributed by atoms with Crippen LogP contribution in [0.5, 0.6) is 0 Å². The van der Waals surface area contributed by atoms with Gasteiger partial charge in [0, 0.05) is 21.8 Å². The van der Waals surface area contributed by atoms with E-state index in [4.69, 9.17) is 0 Å². The molecular weight excluding hydrogens is 400 g/mol. The van der Waals surface area contributed by atoms with Crippen molar-refractivity contribution in [2.75, 3.05) is 16.4 Å². The van der Waals surface area contributed by atoms with Gasteiger partial charge >= 0.3 is 0 Å². The third-order valence-corrected chi connectivity index (χ3v) is 7.59. The Morgan fingerprint density at radius 1 is 1.35 bits per heavy atom. The van der Waals surface area contributed by atoms with Gasteiger partial charge in [0.25, 0.3) is 0 Å². The fourth-order valence-corrected chi connectivity index (χ4v) is 7.04. The average Bonchev–Trinajstić information content (AvgIpc) is 2.91. The molecule has 2 aliphatic heterocycles. The summed E-state index contributed by atoms with van der Waals surface area (Å²) in [5, 5.41) is 0.562. The molecule has 1 aromatic carbocycles. The number of aliphatic imine (C=N–C) groups is 1. The second-order valence-corrected chi connectivity index (χ2v) is 9.96. The number of amides is 1. The Balaban J connectivity index is 1.97. The lowest BCUT2D eigenvalue weighted by molar-refractivity contribution is -0.117. The van der Waals surface area contributed by atoms with E-state index in [0.29, 0.717) is 11.6 Å². The Bertz CT molecular complexity index is 746. The van der Waals surface area contributed by atoms with E-state index in [2.05, 4.69) is 20.9 Å². The van der Waals surface area contributed by atoms with Gasteiger partial charge < -0.3 is 4.90 Å². The van der Waals surface area contributed by atoms with Crippen LogP contribution in [-0.4, -0.2) is 42.3 Å². The van der Waals surface area contributed by atoms with E-state index in [-0.39, 0.29) is 28.7 Å². The first-order chi connectivity index (χ1) is 10.9. The molecule has 1 amide bonds. The Kier molecular flexibility index (Phi) is 4.85. The van der Waals surface area contributed by atoms with Gasteiger partial charge in [-0.3, -0.25) is 4.79 Å². The molecule has 2 saturated heterocycles. The summed E-state index contributed by atoms with van der Waals surface area (Å²) < 4.78 is 24.9. The Morgan fingerprint density at radius 2 is 2.04 bits per heavy atom. The zero-order chi connectivity index (χ0) is 16.6. The summed E-state index contributed by atoms with van der Waals surface area (Å²) in [7, 11) is -3.03. The van der Waals surface area contributed by atoms with Crippen molar-refractivity contribution < 1.29 is 13.2 Å². The molecule has 1 aromatic rings. The maximum Gasteiger partial charge on any atom is 0.248 e. The van der Waals surface area contributed by atoms with Crippen molar-refractivity contribution in [3.05, 3.63) is 28.7 Å². The van der Waals surface area contributed by atoms with Crippen LogP contribution in [0.2, 0.25) is 0 Å². The highest BCUT2D eigenvalue weighted by atomic mass is 79.9. The zero-order valence-corrected chi connectivity index (χ0v) is 15.8. The molecule has 124 valence electrons. The highest BCUT2D eigenvalue weighted by molar-refractivity contribution is 9.10. The van der Waals surface area contributed by atoms with Gasteiger partial charge in [-0.2, -0.15) is 4.99 Å². The van der Waals surface area contributed by atoms with Gasteiger partial charge in [0.15, 0.2) is 15.0 Å². The Labute approximate surface area is 148 Å². The summed E-state index contributed by atoms with van der Waals surface area (Å²) in [6, 6.07) is 7.49. The maximum atomic E-state index is 12.0. The van der Waals surface area contributed by atoms with Crippen LogP contribution in [0.4, 0.5) is 5.69 Å². The highest BCUT2D eigenvalue weighted by Gasteiger charge is 2.49. The number of hydrogen-bond donors (Lipinski definition) is 0. The van der Waals surface area contributed by atoms with Crippen molar-refractivity contribution in [3.8, 4) is 0 Å². The molecule has 0 aromatic heterocycles. The van der Waals surface area contributed by atoms with Crippen molar-refractivity contribution in [2.45, 2.75) is 31.1 Å². The number of halogens is 1. The van der Waals surface area contributed by atoms with E-state index in [1.54, 1.807) is 0 Å². The van der Waals surface area contributed by atoms with E-state index in [0.717, 1.165) is 16.6 Å². The molecule has 8 heteroatoms. The van der Waals surface area contributed by atoms with Crippen LogP contribution >= 0.6 is 27.7 Å². The third-order valence-electron chi connectivity index (χ3n) is 3.86. The smallest absolute Gasteiger partial charge is 0.248 e. The minimum absolute atomic E-state index is 0.0585. The third kappa shape index (κ3) is 3.64. The molecule has 0 radical (unpaired) electrons. The van der Waals surface area contributed by atoms with Gasteiger partial charge in [-0.15, -0.1) is 0 Å². The Hall–Kier alpha value is -0.860. The standard InChI is InChI=1S/C15H17BrN2O3S2/c1-2-3-14(19)17-15-18(11-6-4-10(16)5-7-11)12-8-23(20,21)9-13(12)22-15/h4-7,12-13H,2-3,8-9H2,1H3/t12-,13+/m0/s1. The van der Waals surface area contributed by atoms with Crippen molar-refractivity contribution >= 4 is 54.3 Å². The Morgan fingerprint density at radius 3 is 2.70 bits per heavy atom. The van der Waals surface area contributed by atoms with Crippen LogP contribution in [0.15, 0.2) is 33.7 Å². The number of fused-ring (bicyclic) bond motifs is 1. The minimum atomic E-state index is -3.03. The van der Waals surface area contributed by atoms with Crippen LogP contribution in [0, 0.1) is 0 Å². The van der Waals surface area contributed by atoms with Crippen molar-refractivity contribution in [3.63, 3.8) is 0 Å². The summed E-state index contributed by atoms with van der Waals surface area (Å²) in [6.45, 7) is 1.94. The predicted molar refractivity (Wildman–Crippen MR) is 97.8 cm³/mol. The number of benzene rings is 1. The van der Waals surface area contributed by atoms with E-state index in [9.17, 15) is 13.2 Å². The van der Waals surface area contributed by atoms with E-state index < -0.39 is 9.84 Å². The molecule has 2 aliphatic rings. The van der Waals surface area contributed by atoms with Crippen LogP contribution < -0.4 is 4.90 Å². The van der Waals surface area contributed by atoms with Gasteiger partial charge in [0.05, 0.1) is 17.5 Å². The predicted octanol–water partition coefficient (Wildman–Crippen LogP) is 2.85. The molecule has 2 atom stereocenters. The summed E-state index contributed by atoms with van der Waals surface area (Å²) in [5.74, 6) is 0.109. The molecule has 0 unspecified atom stereocenters. The van der Waals surface area contributed by atoms with Crippen LogP contribution in [0.25, 0.3) is 0 Å². The number of sulfone groups is 1. The molecule has 0 saturated carbocycles. The molecule has 0 spiro atoms. The maximum absolute atomic E-state index is 12.0. The van der Waals surface area contributed by atoms with E-state index >= 15 is 0 Å². The van der Waals surface area contributed by atoms with Crippen LogP contribution in [-0.2, 0) is 14.6 Å². The highest BCUT2D eigenvalue weighted by Crippen LogP contribution is 2.41. The second-order valence-electron chi connectivity index (χ2n) is 5.69. The van der Waals surface area contributed by atoms with Gasteiger partial charge in [-0.1, -0.05) is 34.6 Å². The van der Waals surface area contributed by atoms with Crippen LogP contribution in [0.1, 0.15) is 19.8 Å². The van der Waals surface area contributed by atoms with Crippen molar-refractivity contribution in [2.24, 2.45) is 4.99 Å². The normalized spacial score (nSPS) is 27.4. The van der Waals surface area contributed by atoms with E-state index in [1.165, 1.54) is 11.8 Å². The number of thioether (sulfide) groups is 1. The molecule has 0 aliphatic carbocycles. The number of nitrogens with zero attached hydrogens (tertiary/aromatic N) is 2. The van der Waals surface area contributed by atoms with Crippen LogP contribution in [0.3, 0.4) is 0 Å². The molecule has 3 rings (SSSR count). The first kappa shape index (κ1) is 17.0. The topological polar surface area (TPSA) is 66.8 Å². The number of rotatable bonds is 3. The first-order valence-corrected chi connectivity index (χ1v) is 10.9. The number of anilines is 1. The van der Waals surface area contributed by atoms with Crippen molar-refractivity contribution in [1.29, 1.82) is 0 Å². The van der Waals surface area contributed by atoms with Gasteiger partial charge in [-0.05, 0) is 30.7 Å². The summed E-state index contributed by atoms with van der Waals surface area (Å²) in [4.78, 5) is 18.1. The molecule has 5 nitrogen and oxygen atoms in total. The van der Waals surface area contributed by atoms with Gasteiger partial charge in [0.1, 0.15) is 0 Å². The largest absolute Gasteiger partial charge is 0.316 e. The SMILES string of the molecule is CCCC(=O)N=C1S[C@@H]2CS(=O)(=O)C[C@@H]2N1c1ccc(Br)cc1. The van der Waals surface area contributed by atoms with Gasteiger partial charge in [-0.25, -0.2) is 8.42 Å². The number of hydrogen-bond acceptors (Lipinski definition) is 4. The molecular formula is C15H17BrN2O3S2. The molecule has 0 N–H and O–H groups in total. The molecule has 2 fully saturated rings. The first-order valence-electron chi connectivity index (χ1n) is 7.43. The number of amidine groups is 1. The number of carbonyl (C=O) groups excluding carboxylic acids is 1. The molecule has 23 heavy (non-hydrogen) atoms. The number of carbonyl (C=O) groups is 1.